The second-order valence-corrected chi connectivity index (χ2v) is 5.88. The summed E-state index contributed by atoms with van der Waals surface area (Å²) >= 11 is 1.68. The van der Waals surface area contributed by atoms with Crippen molar-refractivity contribution < 1.29 is 4.79 Å². The molecule has 1 saturated carbocycles. The fraction of sp³-hybridized carbons (Fsp3) is 0.615. The molecule has 0 amide bonds. The van der Waals surface area contributed by atoms with Gasteiger partial charge in [0.1, 0.15) is 0 Å². The number of carbonyl (C=O) groups excluding carboxylic acids is 1. The Morgan fingerprint density at radius 2 is 2.07 bits per heavy atom. The Hall–Kier alpha value is -0.630. The molecule has 1 aromatic rings. The third-order valence-corrected chi connectivity index (χ3v) is 4.72. The third kappa shape index (κ3) is 2.00. The lowest BCUT2D eigenvalue weighted by molar-refractivity contribution is 0.0828. The maximum Gasteiger partial charge on any atom is 0.178 e. The lowest BCUT2D eigenvalue weighted by atomic mass is 9.83. The molecule has 82 valence electrons. The zero-order chi connectivity index (χ0) is 10.9. The van der Waals surface area contributed by atoms with Crippen LogP contribution in [0, 0.1) is 5.41 Å². The van der Waals surface area contributed by atoms with E-state index >= 15 is 0 Å². The van der Waals surface area contributed by atoms with E-state index in [0.717, 1.165) is 24.1 Å². The molecule has 0 N–H and O–H groups in total. The molecule has 1 aliphatic rings. The average Bonchev–Trinajstić information content (AvgIpc) is 2.85. The van der Waals surface area contributed by atoms with E-state index in [1.165, 1.54) is 17.7 Å². The maximum absolute atomic E-state index is 12.3. The lowest BCUT2D eigenvalue weighted by Gasteiger charge is -2.20. The number of thiophene rings is 1. The highest BCUT2D eigenvalue weighted by molar-refractivity contribution is 7.14. The molecule has 1 nitrogen and oxygen atoms in total. The zero-order valence-electron chi connectivity index (χ0n) is 9.51. The minimum Gasteiger partial charge on any atom is -0.293 e. The van der Waals surface area contributed by atoms with Crippen LogP contribution >= 0.6 is 11.3 Å². The monoisotopic (exact) mass is 222 g/mol. The van der Waals surface area contributed by atoms with Gasteiger partial charge >= 0.3 is 0 Å². The maximum atomic E-state index is 12.3. The molecule has 0 saturated heterocycles. The smallest absolute Gasteiger partial charge is 0.178 e. The van der Waals surface area contributed by atoms with Crippen molar-refractivity contribution in [3.63, 3.8) is 0 Å². The van der Waals surface area contributed by atoms with Gasteiger partial charge in [0, 0.05) is 10.3 Å². The molecule has 1 aromatic heterocycles. The first-order valence-electron chi connectivity index (χ1n) is 5.79. The second-order valence-electron chi connectivity index (χ2n) is 4.72. The minimum atomic E-state index is -0.0597. The molecule has 1 aliphatic carbocycles. The van der Waals surface area contributed by atoms with Gasteiger partial charge in [0.15, 0.2) is 5.78 Å². The van der Waals surface area contributed by atoms with Gasteiger partial charge in [0.2, 0.25) is 0 Å². The fourth-order valence-corrected chi connectivity index (χ4v) is 3.41. The Labute approximate surface area is 95.5 Å². The summed E-state index contributed by atoms with van der Waals surface area (Å²) in [6.45, 7) is 4.27. The minimum absolute atomic E-state index is 0.0597. The van der Waals surface area contributed by atoms with E-state index in [1.807, 2.05) is 6.07 Å². The molecule has 0 atom stereocenters. The van der Waals surface area contributed by atoms with E-state index in [1.54, 1.807) is 11.3 Å². The van der Waals surface area contributed by atoms with Crippen LogP contribution in [0.3, 0.4) is 0 Å². The van der Waals surface area contributed by atoms with E-state index in [-0.39, 0.29) is 5.41 Å². The number of rotatable bonds is 3. The Kier molecular flexibility index (Phi) is 2.96. The number of ketones is 1. The SMILES string of the molecule is CCc1ccc(C(=O)C2(C)CCCC2)s1. The highest BCUT2D eigenvalue weighted by atomic mass is 32.1. The summed E-state index contributed by atoms with van der Waals surface area (Å²) in [4.78, 5) is 14.6. The van der Waals surface area contributed by atoms with Crippen LogP contribution in [0.2, 0.25) is 0 Å². The molecular formula is C13H18OS. The summed E-state index contributed by atoms with van der Waals surface area (Å²) in [5.74, 6) is 0.379. The van der Waals surface area contributed by atoms with Gasteiger partial charge in [-0.05, 0) is 31.4 Å². The summed E-state index contributed by atoms with van der Waals surface area (Å²) in [5, 5.41) is 0. The topological polar surface area (TPSA) is 17.1 Å². The number of aryl methyl sites for hydroxylation is 1. The predicted molar refractivity (Wildman–Crippen MR) is 64.6 cm³/mol. The molecule has 0 aromatic carbocycles. The number of carbonyl (C=O) groups is 1. The van der Waals surface area contributed by atoms with Gasteiger partial charge in [-0.2, -0.15) is 0 Å². The normalized spacial score (nSPS) is 19.3. The van der Waals surface area contributed by atoms with Crippen molar-refractivity contribution in [1.82, 2.24) is 0 Å². The standard InChI is InChI=1S/C13H18OS/c1-3-10-6-7-11(15-10)12(14)13(2)8-4-5-9-13/h6-7H,3-5,8-9H2,1-2H3. The molecule has 1 heterocycles. The van der Waals surface area contributed by atoms with Crippen LogP contribution in [-0.4, -0.2) is 5.78 Å². The van der Waals surface area contributed by atoms with Crippen molar-refractivity contribution in [2.45, 2.75) is 46.0 Å². The van der Waals surface area contributed by atoms with Crippen LogP contribution in [0.5, 0.6) is 0 Å². The fourth-order valence-electron chi connectivity index (χ4n) is 2.37. The van der Waals surface area contributed by atoms with E-state index in [2.05, 4.69) is 19.9 Å². The summed E-state index contributed by atoms with van der Waals surface area (Å²) < 4.78 is 0. The van der Waals surface area contributed by atoms with Gasteiger partial charge in [-0.1, -0.05) is 26.7 Å². The molecule has 0 unspecified atom stereocenters. The Balaban J connectivity index is 2.19. The number of Topliss-reactive ketones (excluding diaryl/α,β-unsaturated/α-hetero) is 1. The summed E-state index contributed by atoms with van der Waals surface area (Å²) in [5.41, 5.74) is -0.0597. The van der Waals surface area contributed by atoms with Crippen LogP contribution in [0.25, 0.3) is 0 Å². The molecule has 1 fully saturated rings. The van der Waals surface area contributed by atoms with Crippen LogP contribution in [0.15, 0.2) is 12.1 Å². The van der Waals surface area contributed by atoms with Crippen molar-refractivity contribution in [2.75, 3.05) is 0 Å². The lowest BCUT2D eigenvalue weighted by Crippen LogP contribution is -2.23. The Morgan fingerprint density at radius 3 is 2.60 bits per heavy atom. The van der Waals surface area contributed by atoms with E-state index in [0.29, 0.717) is 5.78 Å². The van der Waals surface area contributed by atoms with Crippen molar-refractivity contribution in [2.24, 2.45) is 5.41 Å². The first-order valence-corrected chi connectivity index (χ1v) is 6.61. The zero-order valence-corrected chi connectivity index (χ0v) is 10.3. The molecule has 0 radical (unpaired) electrons. The summed E-state index contributed by atoms with van der Waals surface area (Å²) in [7, 11) is 0. The molecule has 0 aliphatic heterocycles. The first-order chi connectivity index (χ1) is 7.15. The van der Waals surface area contributed by atoms with Gasteiger partial charge in [-0.3, -0.25) is 4.79 Å². The van der Waals surface area contributed by atoms with Crippen LogP contribution in [0.1, 0.15) is 54.1 Å². The van der Waals surface area contributed by atoms with Gasteiger partial charge in [0.05, 0.1) is 4.88 Å². The number of hydrogen-bond donors (Lipinski definition) is 0. The van der Waals surface area contributed by atoms with Crippen molar-refractivity contribution in [3.8, 4) is 0 Å². The van der Waals surface area contributed by atoms with E-state index < -0.39 is 0 Å². The van der Waals surface area contributed by atoms with Crippen molar-refractivity contribution in [1.29, 1.82) is 0 Å². The van der Waals surface area contributed by atoms with Crippen LogP contribution < -0.4 is 0 Å². The molecule has 0 spiro atoms. The second kappa shape index (κ2) is 4.09. The third-order valence-electron chi connectivity index (χ3n) is 3.49. The molecule has 15 heavy (non-hydrogen) atoms. The summed E-state index contributed by atoms with van der Waals surface area (Å²) in [6.07, 6.45) is 5.62. The van der Waals surface area contributed by atoms with E-state index in [9.17, 15) is 4.79 Å². The molecule has 0 bridgehead atoms. The average molecular weight is 222 g/mol. The first kappa shape index (κ1) is 10.9. The van der Waals surface area contributed by atoms with Crippen molar-refractivity contribution in [3.05, 3.63) is 21.9 Å². The Bertz CT molecular complexity index is 358. The molecule has 2 heteroatoms. The van der Waals surface area contributed by atoms with Gasteiger partial charge in [0.25, 0.3) is 0 Å². The van der Waals surface area contributed by atoms with Crippen LogP contribution in [-0.2, 0) is 6.42 Å². The molecule has 2 rings (SSSR count). The van der Waals surface area contributed by atoms with Gasteiger partial charge < -0.3 is 0 Å². The summed E-state index contributed by atoms with van der Waals surface area (Å²) in [6, 6.07) is 4.10. The Morgan fingerprint density at radius 1 is 1.40 bits per heavy atom. The van der Waals surface area contributed by atoms with Crippen molar-refractivity contribution >= 4 is 17.1 Å². The quantitative estimate of drug-likeness (QED) is 0.704. The molecular weight excluding hydrogens is 204 g/mol. The van der Waals surface area contributed by atoms with Gasteiger partial charge in [-0.25, -0.2) is 0 Å². The van der Waals surface area contributed by atoms with Gasteiger partial charge in [-0.15, -0.1) is 11.3 Å². The highest BCUT2D eigenvalue weighted by Crippen LogP contribution is 2.41. The predicted octanol–water partition coefficient (Wildman–Crippen LogP) is 4.07. The van der Waals surface area contributed by atoms with Crippen LogP contribution in [0.4, 0.5) is 0 Å². The highest BCUT2D eigenvalue weighted by Gasteiger charge is 2.37. The largest absolute Gasteiger partial charge is 0.293 e. The van der Waals surface area contributed by atoms with E-state index in [4.69, 9.17) is 0 Å². The number of hydrogen-bond acceptors (Lipinski definition) is 2.